The Morgan fingerprint density at radius 2 is 2.12 bits per heavy atom. The maximum absolute atomic E-state index is 12.5. The van der Waals surface area contributed by atoms with E-state index in [2.05, 4.69) is 15.5 Å². The fourth-order valence-corrected chi connectivity index (χ4v) is 2.84. The molecule has 0 saturated carbocycles. The number of amides is 3. The van der Waals surface area contributed by atoms with Gasteiger partial charge in [0.25, 0.3) is 0 Å². The minimum Gasteiger partial charge on any atom is -0.336 e. The van der Waals surface area contributed by atoms with Crippen LogP contribution in [0.4, 0.5) is 11.4 Å². The van der Waals surface area contributed by atoms with Crippen LogP contribution < -0.4 is 10.2 Å². The molecule has 1 aromatic heterocycles. The Bertz CT molecular complexity index is 760. The van der Waals surface area contributed by atoms with E-state index in [1.54, 1.807) is 31.6 Å². The van der Waals surface area contributed by atoms with Gasteiger partial charge in [0.15, 0.2) is 0 Å². The summed E-state index contributed by atoms with van der Waals surface area (Å²) < 4.78 is 0. The standard InChI is InChI=1S/C17H19N5O3/c1-21(11-15(23)20-13-5-3-2-4-6-13)17(25)12-7-16(24)22(10-12)14-8-18-19-9-14/h2-6,8-9,12H,7,10-11H2,1H3,(H,18,19)(H,20,23). The molecule has 25 heavy (non-hydrogen) atoms. The van der Waals surface area contributed by atoms with Gasteiger partial charge in [-0.2, -0.15) is 5.10 Å². The van der Waals surface area contributed by atoms with Crippen LogP contribution in [0, 0.1) is 5.92 Å². The summed E-state index contributed by atoms with van der Waals surface area (Å²) in [5.41, 5.74) is 1.32. The van der Waals surface area contributed by atoms with E-state index in [4.69, 9.17) is 0 Å². The van der Waals surface area contributed by atoms with Crippen LogP contribution in [0.25, 0.3) is 0 Å². The monoisotopic (exact) mass is 341 g/mol. The molecule has 8 heteroatoms. The Morgan fingerprint density at radius 1 is 1.36 bits per heavy atom. The molecule has 2 aromatic rings. The first-order valence-electron chi connectivity index (χ1n) is 7.93. The molecule has 3 amide bonds. The SMILES string of the molecule is CN(CC(=O)Nc1ccccc1)C(=O)C1CC(=O)N(c2cn[nH]c2)C1. The number of rotatable bonds is 5. The molecule has 1 unspecified atom stereocenters. The van der Waals surface area contributed by atoms with Crippen LogP contribution in [0.3, 0.4) is 0 Å². The number of hydrogen-bond donors (Lipinski definition) is 2. The second-order valence-electron chi connectivity index (χ2n) is 5.97. The van der Waals surface area contributed by atoms with E-state index in [-0.39, 0.29) is 30.7 Å². The fourth-order valence-electron chi connectivity index (χ4n) is 2.84. The summed E-state index contributed by atoms with van der Waals surface area (Å²) in [6.07, 6.45) is 3.29. The van der Waals surface area contributed by atoms with E-state index in [1.807, 2.05) is 18.2 Å². The number of para-hydroxylation sites is 1. The van der Waals surface area contributed by atoms with Crippen molar-refractivity contribution in [3.63, 3.8) is 0 Å². The average Bonchev–Trinajstić information content (AvgIpc) is 3.24. The highest BCUT2D eigenvalue weighted by atomic mass is 16.2. The summed E-state index contributed by atoms with van der Waals surface area (Å²) in [6, 6.07) is 9.04. The van der Waals surface area contributed by atoms with Gasteiger partial charge in [-0.15, -0.1) is 0 Å². The maximum Gasteiger partial charge on any atom is 0.243 e. The molecule has 0 aliphatic carbocycles. The molecule has 0 bridgehead atoms. The third-order valence-corrected chi connectivity index (χ3v) is 4.08. The van der Waals surface area contributed by atoms with Gasteiger partial charge in [0.2, 0.25) is 17.7 Å². The number of anilines is 2. The van der Waals surface area contributed by atoms with Crippen LogP contribution in [0.5, 0.6) is 0 Å². The molecule has 1 aromatic carbocycles. The van der Waals surface area contributed by atoms with E-state index < -0.39 is 5.92 Å². The van der Waals surface area contributed by atoms with E-state index in [0.29, 0.717) is 17.9 Å². The van der Waals surface area contributed by atoms with E-state index in [1.165, 1.54) is 9.80 Å². The first kappa shape index (κ1) is 16.7. The van der Waals surface area contributed by atoms with Crippen molar-refractivity contribution in [2.75, 3.05) is 30.4 Å². The summed E-state index contributed by atoms with van der Waals surface area (Å²) in [7, 11) is 1.57. The molecule has 0 radical (unpaired) electrons. The number of carbonyl (C=O) groups excluding carboxylic acids is 3. The van der Waals surface area contributed by atoms with Gasteiger partial charge in [-0.1, -0.05) is 18.2 Å². The number of benzene rings is 1. The van der Waals surface area contributed by atoms with Gasteiger partial charge in [-0.3, -0.25) is 19.5 Å². The number of likely N-dealkylation sites (N-methyl/N-ethyl adjacent to an activating group) is 1. The first-order chi connectivity index (χ1) is 12.0. The van der Waals surface area contributed by atoms with Crippen LogP contribution >= 0.6 is 0 Å². The van der Waals surface area contributed by atoms with Gasteiger partial charge in [0.1, 0.15) is 0 Å². The van der Waals surface area contributed by atoms with Gasteiger partial charge >= 0.3 is 0 Å². The normalized spacial score (nSPS) is 16.8. The van der Waals surface area contributed by atoms with Crippen molar-refractivity contribution in [3.05, 3.63) is 42.7 Å². The number of hydrogen-bond acceptors (Lipinski definition) is 4. The van der Waals surface area contributed by atoms with Crippen molar-refractivity contribution < 1.29 is 14.4 Å². The minimum atomic E-state index is -0.461. The number of nitrogens with zero attached hydrogens (tertiary/aromatic N) is 3. The highest BCUT2D eigenvalue weighted by molar-refractivity contribution is 6.01. The van der Waals surface area contributed by atoms with Crippen LogP contribution in [-0.4, -0.2) is 53.0 Å². The Balaban J connectivity index is 1.56. The molecule has 8 nitrogen and oxygen atoms in total. The van der Waals surface area contributed by atoms with Crippen molar-refractivity contribution >= 4 is 29.1 Å². The Hall–Kier alpha value is -3.16. The average molecular weight is 341 g/mol. The minimum absolute atomic E-state index is 0.0653. The number of nitrogens with one attached hydrogen (secondary N) is 2. The zero-order chi connectivity index (χ0) is 17.8. The zero-order valence-corrected chi connectivity index (χ0v) is 13.8. The lowest BCUT2D eigenvalue weighted by Gasteiger charge is -2.20. The lowest BCUT2D eigenvalue weighted by Crippen LogP contribution is -2.39. The summed E-state index contributed by atoms with van der Waals surface area (Å²) in [5.74, 6) is -1.08. The number of H-pyrrole nitrogens is 1. The van der Waals surface area contributed by atoms with Crippen molar-refractivity contribution in [3.8, 4) is 0 Å². The summed E-state index contributed by atoms with van der Waals surface area (Å²) in [6.45, 7) is 0.228. The number of carbonyl (C=O) groups is 3. The van der Waals surface area contributed by atoms with Gasteiger partial charge < -0.3 is 15.1 Å². The molecule has 1 saturated heterocycles. The number of aromatic amines is 1. The molecule has 3 rings (SSSR count). The van der Waals surface area contributed by atoms with Gasteiger partial charge in [-0.25, -0.2) is 0 Å². The van der Waals surface area contributed by atoms with Crippen molar-refractivity contribution in [1.82, 2.24) is 15.1 Å². The Labute approximate surface area is 144 Å². The quantitative estimate of drug-likeness (QED) is 0.843. The highest BCUT2D eigenvalue weighted by Gasteiger charge is 2.37. The molecule has 1 aliphatic heterocycles. The lowest BCUT2D eigenvalue weighted by molar-refractivity contribution is -0.137. The van der Waals surface area contributed by atoms with Crippen LogP contribution in [-0.2, 0) is 14.4 Å². The van der Waals surface area contributed by atoms with Crippen LogP contribution in [0.15, 0.2) is 42.7 Å². The Kier molecular flexibility index (Phi) is 4.78. The number of aromatic nitrogens is 2. The zero-order valence-electron chi connectivity index (χ0n) is 13.8. The van der Waals surface area contributed by atoms with E-state index >= 15 is 0 Å². The molecule has 130 valence electrons. The summed E-state index contributed by atoms with van der Waals surface area (Å²) >= 11 is 0. The highest BCUT2D eigenvalue weighted by Crippen LogP contribution is 2.25. The second kappa shape index (κ2) is 7.16. The van der Waals surface area contributed by atoms with Gasteiger partial charge in [0.05, 0.1) is 24.3 Å². The fraction of sp³-hybridized carbons (Fsp3) is 0.294. The molecular formula is C17H19N5O3. The van der Waals surface area contributed by atoms with Crippen molar-refractivity contribution in [2.24, 2.45) is 5.92 Å². The second-order valence-corrected chi connectivity index (χ2v) is 5.97. The predicted molar refractivity (Wildman–Crippen MR) is 91.8 cm³/mol. The van der Waals surface area contributed by atoms with E-state index in [9.17, 15) is 14.4 Å². The molecular weight excluding hydrogens is 322 g/mol. The molecule has 2 N–H and O–H groups in total. The van der Waals surface area contributed by atoms with Crippen molar-refractivity contribution in [1.29, 1.82) is 0 Å². The van der Waals surface area contributed by atoms with Crippen molar-refractivity contribution in [2.45, 2.75) is 6.42 Å². The van der Waals surface area contributed by atoms with Crippen LogP contribution in [0.2, 0.25) is 0 Å². The lowest BCUT2D eigenvalue weighted by atomic mass is 10.1. The Morgan fingerprint density at radius 3 is 2.80 bits per heavy atom. The molecule has 2 heterocycles. The largest absolute Gasteiger partial charge is 0.336 e. The first-order valence-corrected chi connectivity index (χ1v) is 7.93. The summed E-state index contributed by atoms with van der Waals surface area (Å²) in [5, 5.41) is 9.21. The van der Waals surface area contributed by atoms with Gasteiger partial charge in [0, 0.05) is 31.9 Å². The third-order valence-electron chi connectivity index (χ3n) is 4.08. The summed E-state index contributed by atoms with van der Waals surface area (Å²) in [4.78, 5) is 39.6. The molecule has 1 aliphatic rings. The van der Waals surface area contributed by atoms with Crippen LogP contribution in [0.1, 0.15) is 6.42 Å². The molecule has 1 atom stereocenters. The maximum atomic E-state index is 12.5. The third kappa shape index (κ3) is 3.85. The predicted octanol–water partition coefficient (Wildman–Crippen LogP) is 0.860. The van der Waals surface area contributed by atoms with E-state index in [0.717, 1.165) is 0 Å². The van der Waals surface area contributed by atoms with Gasteiger partial charge in [-0.05, 0) is 12.1 Å². The molecule has 0 spiro atoms. The topological polar surface area (TPSA) is 98.4 Å². The molecule has 1 fully saturated rings. The smallest absolute Gasteiger partial charge is 0.243 e.